The zero-order valence-electron chi connectivity index (χ0n) is 10.8. The Bertz CT molecular complexity index is 417. The Morgan fingerprint density at radius 1 is 1.05 bits per heavy atom. The van der Waals surface area contributed by atoms with Crippen LogP contribution in [0, 0.1) is 0 Å². The Balaban J connectivity index is 2.17. The highest BCUT2D eigenvalue weighted by Crippen LogP contribution is 2.25. The van der Waals surface area contributed by atoms with Crippen LogP contribution in [0.5, 0.6) is 0 Å². The molecule has 0 spiro atoms. The van der Waals surface area contributed by atoms with Crippen molar-refractivity contribution in [3.63, 3.8) is 0 Å². The van der Waals surface area contributed by atoms with E-state index in [-0.39, 0.29) is 0 Å². The van der Waals surface area contributed by atoms with Gasteiger partial charge in [0.05, 0.1) is 0 Å². The van der Waals surface area contributed by atoms with Crippen molar-refractivity contribution in [1.82, 2.24) is 4.90 Å². The van der Waals surface area contributed by atoms with Gasteiger partial charge in [-0.05, 0) is 37.1 Å². The first kappa shape index (κ1) is 14.1. The maximum absolute atomic E-state index is 12.7. The normalized spacial score (nSPS) is 18.6. The molecule has 19 heavy (non-hydrogen) atoms. The number of piperidine rings is 1. The molecule has 1 aromatic carbocycles. The smallest absolute Gasteiger partial charge is 0.299 e. The van der Waals surface area contributed by atoms with Crippen molar-refractivity contribution in [2.75, 3.05) is 19.6 Å². The molecule has 1 aliphatic rings. The van der Waals surface area contributed by atoms with Gasteiger partial charge in [0.25, 0.3) is 0 Å². The van der Waals surface area contributed by atoms with E-state index < -0.39 is 6.18 Å². The van der Waals surface area contributed by atoms with Crippen LogP contribution in [0.15, 0.2) is 36.4 Å². The third kappa shape index (κ3) is 4.71. The molecule has 1 aliphatic heterocycles. The van der Waals surface area contributed by atoms with E-state index in [9.17, 15) is 13.2 Å². The van der Waals surface area contributed by atoms with Crippen LogP contribution in [0.3, 0.4) is 0 Å². The second-order valence-corrected chi connectivity index (χ2v) is 4.91. The topological polar surface area (TPSA) is 3.24 Å². The minimum atomic E-state index is -4.26. The van der Waals surface area contributed by atoms with Crippen molar-refractivity contribution < 1.29 is 13.2 Å². The van der Waals surface area contributed by atoms with E-state index >= 15 is 0 Å². The largest absolute Gasteiger partial charge is 0.410 e. The van der Waals surface area contributed by atoms with Gasteiger partial charge in [0.2, 0.25) is 0 Å². The molecule has 0 bridgehead atoms. The van der Waals surface area contributed by atoms with Gasteiger partial charge in [-0.2, -0.15) is 13.2 Å². The molecule has 1 nitrogen and oxygen atoms in total. The van der Waals surface area contributed by atoms with Gasteiger partial charge in [0.1, 0.15) is 0 Å². The van der Waals surface area contributed by atoms with Gasteiger partial charge in [-0.3, -0.25) is 4.90 Å². The van der Waals surface area contributed by atoms with Gasteiger partial charge in [-0.1, -0.05) is 36.8 Å². The van der Waals surface area contributed by atoms with E-state index in [1.165, 1.54) is 6.42 Å². The highest BCUT2D eigenvalue weighted by molar-refractivity contribution is 5.67. The van der Waals surface area contributed by atoms with Crippen LogP contribution in [0.25, 0.3) is 5.57 Å². The number of allylic oxidation sites excluding steroid dienone is 1. The van der Waals surface area contributed by atoms with Crippen LogP contribution < -0.4 is 0 Å². The first-order valence-electron chi connectivity index (χ1n) is 6.61. The summed E-state index contributed by atoms with van der Waals surface area (Å²) >= 11 is 0. The Hall–Kier alpha value is -1.29. The molecule has 0 amide bonds. The van der Waals surface area contributed by atoms with Gasteiger partial charge >= 0.3 is 6.18 Å². The van der Waals surface area contributed by atoms with Crippen LogP contribution in [0.4, 0.5) is 13.2 Å². The molecule has 2 rings (SSSR count). The summed E-state index contributed by atoms with van der Waals surface area (Å²) in [6.07, 6.45) is -0.486. The minimum Gasteiger partial charge on any atom is -0.299 e. The Kier molecular flexibility index (Phi) is 4.64. The lowest BCUT2D eigenvalue weighted by Crippen LogP contribution is -2.31. The number of likely N-dealkylation sites (tertiary alicyclic amines) is 1. The number of hydrogen-bond acceptors (Lipinski definition) is 1. The highest BCUT2D eigenvalue weighted by atomic mass is 19.4. The summed E-state index contributed by atoms with van der Waals surface area (Å²) in [4.78, 5) is 2.11. The molecule has 0 aromatic heterocycles. The number of benzene rings is 1. The van der Waals surface area contributed by atoms with Gasteiger partial charge in [0, 0.05) is 12.6 Å². The Labute approximate surface area is 111 Å². The second kappa shape index (κ2) is 6.24. The predicted octanol–water partition coefficient (Wildman–Crippen LogP) is 4.12. The number of nitrogens with zero attached hydrogens (tertiary/aromatic N) is 1. The fourth-order valence-electron chi connectivity index (χ4n) is 2.43. The number of alkyl halides is 3. The number of hydrogen-bond donors (Lipinski definition) is 0. The Morgan fingerprint density at radius 3 is 2.26 bits per heavy atom. The van der Waals surface area contributed by atoms with E-state index in [1.54, 1.807) is 24.3 Å². The molecular weight excluding hydrogens is 251 g/mol. The predicted molar refractivity (Wildman–Crippen MR) is 70.8 cm³/mol. The SMILES string of the molecule is FC(F)(F)/C=C(/CN1CCCCC1)c1ccccc1. The molecule has 1 aromatic rings. The summed E-state index contributed by atoms with van der Waals surface area (Å²) in [5.41, 5.74) is 1.01. The van der Waals surface area contributed by atoms with Crippen LogP contribution in [-0.4, -0.2) is 30.7 Å². The molecule has 104 valence electrons. The van der Waals surface area contributed by atoms with Crippen molar-refractivity contribution in [2.45, 2.75) is 25.4 Å². The van der Waals surface area contributed by atoms with Crippen molar-refractivity contribution >= 4 is 5.57 Å². The maximum atomic E-state index is 12.7. The molecule has 1 saturated heterocycles. The van der Waals surface area contributed by atoms with Crippen LogP contribution >= 0.6 is 0 Å². The fourth-order valence-corrected chi connectivity index (χ4v) is 2.43. The van der Waals surface area contributed by atoms with Crippen LogP contribution in [0.2, 0.25) is 0 Å². The zero-order valence-corrected chi connectivity index (χ0v) is 10.8. The maximum Gasteiger partial charge on any atom is 0.410 e. The molecule has 1 heterocycles. The third-order valence-corrected chi connectivity index (χ3v) is 3.33. The minimum absolute atomic E-state index is 0.356. The second-order valence-electron chi connectivity index (χ2n) is 4.91. The molecule has 0 saturated carbocycles. The lowest BCUT2D eigenvalue weighted by Gasteiger charge is -2.27. The van der Waals surface area contributed by atoms with Gasteiger partial charge in [0.15, 0.2) is 0 Å². The van der Waals surface area contributed by atoms with Gasteiger partial charge in [-0.15, -0.1) is 0 Å². The molecule has 0 atom stereocenters. The Morgan fingerprint density at radius 2 is 1.68 bits per heavy atom. The number of halogens is 3. The van der Waals surface area contributed by atoms with Crippen molar-refractivity contribution in [1.29, 1.82) is 0 Å². The molecule has 0 N–H and O–H groups in total. The molecule has 0 unspecified atom stereocenters. The van der Waals surface area contributed by atoms with E-state index in [2.05, 4.69) is 4.90 Å². The third-order valence-electron chi connectivity index (χ3n) is 3.33. The molecule has 0 aliphatic carbocycles. The lowest BCUT2D eigenvalue weighted by atomic mass is 10.0. The van der Waals surface area contributed by atoms with E-state index in [1.807, 2.05) is 6.07 Å². The summed E-state index contributed by atoms with van der Waals surface area (Å²) in [6, 6.07) is 8.84. The molecule has 1 fully saturated rings. The van der Waals surface area contributed by atoms with E-state index in [0.717, 1.165) is 25.9 Å². The monoisotopic (exact) mass is 269 g/mol. The average molecular weight is 269 g/mol. The zero-order chi connectivity index (χ0) is 13.7. The van der Waals surface area contributed by atoms with Crippen molar-refractivity contribution in [3.05, 3.63) is 42.0 Å². The fraction of sp³-hybridized carbons (Fsp3) is 0.467. The van der Waals surface area contributed by atoms with Gasteiger partial charge in [-0.25, -0.2) is 0 Å². The van der Waals surface area contributed by atoms with Crippen LogP contribution in [-0.2, 0) is 0 Å². The van der Waals surface area contributed by atoms with E-state index in [0.29, 0.717) is 23.8 Å². The summed E-state index contributed by atoms with van der Waals surface area (Å²) in [6.45, 7) is 2.16. The molecule has 0 radical (unpaired) electrons. The highest BCUT2D eigenvalue weighted by Gasteiger charge is 2.25. The standard InChI is InChI=1S/C15H18F3N/c16-15(17,18)11-14(13-7-3-1-4-8-13)12-19-9-5-2-6-10-19/h1,3-4,7-8,11H,2,5-6,9-10,12H2/b14-11-. The molecular formula is C15H18F3N. The van der Waals surface area contributed by atoms with E-state index in [4.69, 9.17) is 0 Å². The van der Waals surface area contributed by atoms with Crippen molar-refractivity contribution in [3.8, 4) is 0 Å². The van der Waals surface area contributed by atoms with Crippen LogP contribution in [0.1, 0.15) is 24.8 Å². The first-order valence-corrected chi connectivity index (χ1v) is 6.61. The molecule has 4 heteroatoms. The summed E-state index contributed by atoms with van der Waals surface area (Å²) in [7, 11) is 0. The van der Waals surface area contributed by atoms with Crippen molar-refractivity contribution in [2.24, 2.45) is 0 Å². The summed E-state index contributed by atoms with van der Waals surface area (Å²) < 4.78 is 38.0. The first-order chi connectivity index (χ1) is 9.04. The summed E-state index contributed by atoms with van der Waals surface area (Å²) in [5, 5.41) is 0. The van der Waals surface area contributed by atoms with Gasteiger partial charge < -0.3 is 0 Å². The number of rotatable bonds is 3. The lowest BCUT2D eigenvalue weighted by molar-refractivity contribution is -0.0795. The summed E-state index contributed by atoms with van der Waals surface area (Å²) in [5.74, 6) is 0. The quantitative estimate of drug-likeness (QED) is 0.798. The average Bonchev–Trinajstić information content (AvgIpc) is 2.39.